The Labute approximate surface area is 218 Å². The van der Waals surface area contributed by atoms with Gasteiger partial charge in [-0.2, -0.15) is 4.39 Å². The van der Waals surface area contributed by atoms with Crippen LogP contribution in [0.4, 0.5) is 13.2 Å². The van der Waals surface area contributed by atoms with Crippen molar-refractivity contribution in [3.8, 4) is 23.0 Å². The molecule has 1 aliphatic rings. The first-order valence-corrected chi connectivity index (χ1v) is 12.8. The van der Waals surface area contributed by atoms with Crippen LogP contribution in [0.15, 0.2) is 30.5 Å². The lowest BCUT2D eigenvalue weighted by atomic mass is 10.0. The standard InChI is InChI=1S/C19H18F3N3O2.C7H15N.C2H6/c1-3-4-11-5-6-12(7-14(11)20)18-24-16(10-26)17(22)25(18)13-8-15(21)19(27-2)23-9-13;1-7-4-3-5-8(2)6-7;1-2/h5-9,26H,3-4,10H2,1-2H3;7H,3-6H2,1-2H3;1-2H3. The van der Waals surface area contributed by atoms with E-state index in [-0.39, 0.29) is 23.1 Å². The molecule has 1 fully saturated rings. The molecule has 0 saturated carbocycles. The molecule has 1 aliphatic heterocycles. The highest BCUT2D eigenvalue weighted by molar-refractivity contribution is 5.60. The van der Waals surface area contributed by atoms with E-state index >= 15 is 0 Å². The van der Waals surface area contributed by atoms with Gasteiger partial charge in [0.25, 0.3) is 0 Å². The van der Waals surface area contributed by atoms with E-state index in [0.717, 1.165) is 23.0 Å². The Bertz CT molecular complexity index is 1130. The largest absolute Gasteiger partial charge is 0.479 e. The fourth-order valence-electron chi connectivity index (χ4n) is 4.25. The van der Waals surface area contributed by atoms with Gasteiger partial charge < -0.3 is 14.7 Å². The highest BCUT2D eigenvalue weighted by atomic mass is 19.1. The molecule has 0 spiro atoms. The monoisotopic (exact) mass is 520 g/mol. The average molecular weight is 521 g/mol. The van der Waals surface area contributed by atoms with E-state index < -0.39 is 24.2 Å². The van der Waals surface area contributed by atoms with E-state index in [1.165, 1.54) is 45.3 Å². The maximum Gasteiger partial charge on any atom is 0.250 e. The fourth-order valence-corrected chi connectivity index (χ4v) is 4.25. The first-order valence-electron chi connectivity index (χ1n) is 12.8. The zero-order chi connectivity index (χ0) is 27.5. The van der Waals surface area contributed by atoms with Gasteiger partial charge in [0, 0.05) is 18.2 Å². The van der Waals surface area contributed by atoms with E-state index in [0.29, 0.717) is 17.5 Å². The van der Waals surface area contributed by atoms with Gasteiger partial charge in [-0.15, -0.1) is 0 Å². The maximum absolute atomic E-state index is 14.7. The van der Waals surface area contributed by atoms with Gasteiger partial charge in [-0.1, -0.05) is 46.2 Å². The van der Waals surface area contributed by atoms with Crippen LogP contribution in [0.2, 0.25) is 0 Å². The fraction of sp³-hybridized carbons (Fsp3) is 0.500. The van der Waals surface area contributed by atoms with Crippen LogP contribution in [0.3, 0.4) is 0 Å². The van der Waals surface area contributed by atoms with Crippen molar-refractivity contribution in [3.63, 3.8) is 0 Å². The van der Waals surface area contributed by atoms with Gasteiger partial charge >= 0.3 is 0 Å². The van der Waals surface area contributed by atoms with Crippen LogP contribution in [0.1, 0.15) is 58.2 Å². The van der Waals surface area contributed by atoms with Crippen molar-refractivity contribution in [3.05, 3.63) is 59.3 Å². The minimum absolute atomic E-state index is 0.0323. The molecule has 1 aromatic carbocycles. The number of nitrogens with zero attached hydrogens (tertiary/aromatic N) is 4. The summed E-state index contributed by atoms with van der Waals surface area (Å²) in [5.41, 5.74) is 0.631. The van der Waals surface area contributed by atoms with Crippen molar-refractivity contribution >= 4 is 0 Å². The number of aliphatic hydroxyl groups is 1. The molecule has 0 radical (unpaired) electrons. The van der Waals surface area contributed by atoms with Crippen LogP contribution < -0.4 is 4.74 Å². The van der Waals surface area contributed by atoms with Crippen molar-refractivity contribution in [2.24, 2.45) is 5.92 Å². The molecule has 0 aliphatic carbocycles. The summed E-state index contributed by atoms with van der Waals surface area (Å²) in [6.45, 7) is 10.2. The second-order valence-corrected chi connectivity index (χ2v) is 8.92. The van der Waals surface area contributed by atoms with Gasteiger partial charge in [0.1, 0.15) is 17.3 Å². The number of halogens is 3. The Balaban J connectivity index is 0.000000406. The number of hydrogen-bond donors (Lipinski definition) is 1. The maximum atomic E-state index is 14.7. The van der Waals surface area contributed by atoms with Gasteiger partial charge in [-0.05, 0) is 50.4 Å². The summed E-state index contributed by atoms with van der Waals surface area (Å²) in [5.74, 6) is -1.37. The predicted molar refractivity (Wildman–Crippen MR) is 140 cm³/mol. The lowest BCUT2D eigenvalue weighted by molar-refractivity contribution is 0.221. The Morgan fingerprint density at radius 2 is 1.86 bits per heavy atom. The lowest BCUT2D eigenvalue weighted by Crippen LogP contribution is -2.30. The molecule has 37 heavy (non-hydrogen) atoms. The molecule has 1 atom stereocenters. The van der Waals surface area contributed by atoms with Gasteiger partial charge in [-0.3, -0.25) is 4.57 Å². The molecule has 3 aromatic rings. The SMILES string of the molecule is CC.CC1CCCN(C)C1.CCCc1ccc(-c2nc(CO)c(F)n2-c2cnc(OC)c(F)c2)cc1F. The van der Waals surface area contributed by atoms with Crippen LogP contribution in [-0.4, -0.2) is 51.8 Å². The predicted octanol–water partition coefficient (Wildman–Crippen LogP) is 6.18. The normalized spacial score (nSPS) is 15.4. The Kier molecular flexibility index (Phi) is 12.1. The molecule has 1 unspecified atom stereocenters. The smallest absolute Gasteiger partial charge is 0.250 e. The van der Waals surface area contributed by atoms with E-state index in [1.54, 1.807) is 12.1 Å². The summed E-state index contributed by atoms with van der Waals surface area (Å²) >= 11 is 0. The highest BCUT2D eigenvalue weighted by Gasteiger charge is 2.21. The Morgan fingerprint density at radius 1 is 1.14 bits per heavy atom. The van der Waals surface area contributed by atoms with Gasteiger partial charge in [0.15, 0.2) is 5.82 Å². The van der Waals surface area contributed by atoms with Crippen LogP contribution in [0.25, 0.3) is 17.1 Å². The van der Waals surface area contributed by atoms with E-state index in [2.05, 4.69) is 28.8 Å². The second kappa shape index (κ2) is 14.7. The van der Waals surface area contributed by atoms with Crippen LogP contribution in [0, 0.1) is 23.5 Å². The number of hydrogen-bond acceptors (Lipinski definition) is 5. The number of rotatable bonds is 6. The summed E-state index contributed by atoms with van der Waals surface area (Å²) in [4.78, 5) is 10.3. The first-order chi connectivity index (χ1) is 17.8. The summed E-state index contributed by atoms with van der Waals surface area (Å²) in [6.07, 6.45) is 5.40. The third-order valence-electron chi connectivity index (χ3n) is 5.97. The quantitative estimate of drug-likeness (QED) is 0.421. The molecular weight excluding hydrogens is 481 g/mol. The molecular formula is C28H39F3N4O2. The van der Waals surface area contributed by atoms with Crippen molar-refractivity contribution in [2.75, 3.05) is 27.2 Å². The minimum Gasteiger partial charge on any atom is -0.479 e. The Morgan fingerprint density at radius 3 is 2.38 bits per heavy atom. The number of aryl methyl sites for hydroxylation is 1. The van der Waals surface area contributed by atoms with Crippen molar-refractivity contribution in [1.82, 2.24) is 19.4 Å². The molecule has 204 valence electrons. The topological polar surface area (TPSA) is 63.4 Å². The number of piperidine rings is 1. The first kappa shape index (κ1) is 30.3. The third-order valence-corrected chi connectivity index (χ3v) is 5.97. The molecule has 3 heterocycles. The van der Waals surface area contributed by atoms with Crippen LogP contribution in [-0.2, 0) is 13.0 Å². The Hall–Kier alpha value is -2.91. The highest BCUT2D eigenvalue weighted by Crippen LogP contribution is 2.29. The number of pyridine rings is 1. The molecule has 1 N–H and O–H groups in total. The summed E-state index contributed by atoms with van der Waals surface area (Å²) in [6, 6.07) is 5.50. The molecule has 9 heteroatoms. The molecule has 0 amide bonds. The molecule has 1 saturated heterocycles. The van der Waals surface area contributed by atoms with Gasteiger partial charge in [0.2, 0.25) is 11.8 Å². The summed E-state index contributed by atoms with van der Waals surface area (Å²) in [7, 11) is 3.47. The van der Waals surface area contributed by atoms with Crippen molar-refractivity contribution in [2.45, 2.75) is 60.0 Å². The molecule has 0 bridgehead atoms. The molecule has 4 rings (SSSR count). The lowest BCUT2D eigenvalue weighted by Gasteiger charge is -2.26. The second-order valence-electron chi connectivity index (χ2n) is 8.92. The van der Waals surface area contributed by atoms with Gasteiger partial charge in [-0.25, -0.2) is 18.7 Å². The summed E-state index contributed by atoms with van der Waals surface area (Å²) < 4.78 is 48.9. The van der Waals surface area contributed by atoms with E-state index in [1.807, 2.05) is 20.8 Å². The number of ether oxygens (including phenoxy) is 1. The third kappa shape index (κ3) is 7.79. The number of methoxy groups -OCH3 is 1. The number of imidazole rings is 1. The zero-order valence-corrected chi connectivity index (χ0v) is 22.7. The number of likely N-dealkylation sites (tertiary alicyclic amines) is 1. The minimum atomic E-state index is -0.878. The van der Waals surface area contributed by atoms with Crippen molar-refractivity contribution < 1.29 is 23.0 Å². The van der Waals surface area contributed by atoms with Gasteiger partial charge in [0.05, 0.1) is 25.6 Å². The van der Waals surface area contributed by atoms with Crippen molar-refractivity contribution in [1.29, 1.82) is 0 Å². The molecule has 2 aromatic heterocycles. The number of aromatic nitrogens is 3. The number of benzene rings is 1. The van der Waals surface area contributed by atoms with Crippen LogP contribution >= 0.6 is 0 Å². The summed E-state index contributed by atoms with van der Waals surface area (Å²) in [5, 5.41) is 9.36. The average Bonchev–Trinajstić information content (AvgIpc) is 3.23. The molecule has 6 nitrogen and oxygen atoms in total. The number of aliphatic hydroxyl groups excluding tert-OH is 1. The van der Waals surface area contributed by atoms with E-state index in [9.17, 15) is 18.3 Å². The van der Waals surface area contributed by atoms with Crippen LogP contribution in [0.5, 0.6) is 5.88 Å². The zero-order valence-electron chi connectivity index (χ0n) is 22.7. The van der Waals surface area contributed by atoms with E-state index in [4.69, 9.17) is 4.74 Å².